The van der Waals surface area contributed by atoms with Crippen molar-refractivity contribution < 1.29 is 9.59 Å². The molecule has 2 amide bonds. The average Bonchev–Trinajstić information content (AvgIpc) is 3.12. The number of rotatable bonds is 4. The van der Waals surface area contributed by atoms with Gasteiger partial charge in [-0.15, -0.1) is 11.3 Å². The molecule has 0 saturated heterocycles. The second kappa shape index (κ2) is 7.32. The molecule has 25 heavy (non-hydrogen) atoms. The predicted molar refractivity (Wildman–Crippen MR) is 103 cm³/mol. The molecule has 0 bridgehead atoms. The van der Waals surface area contributed by atoms with Crippen molar-refractivity contribution in [3.63, 3.8) is 0 Å². The highest BCUT2D eigenvalue weighted by Crippen LogP contribution is 2.19. The normalized spacial score (nSPS) is 10.3. The van der Waals surface area contributed by atoms with Gasteiger partial charge in [-0.05, 0) is 66.8 Å². The first-order valence-corrected chi connectivity index (χ1v) is 8.74. The standard InChI is InChI=1S/C20H18N2O2S/c1-13-8-9-15(11-14(13)2)19(23)21-16-5-3-6-17(12-16)22-20(24)18-7-4-10-25-18/h3-12H,1-2H3,(H,21,23)(H,22,24). The summed E-state index contributed by atoms with van der Waals surface area (Å²) in [5.41, 5.74) is 4.10. The summed E-state index contributed by atoms with van der Waals surface area (Å²) >= 11 is 1.38. The Hall–Kier alpha value is -2.92. The smallest absolute Gasteiger partial charge is 0.265 e. The molecule has 1 heterocycles. The fourth-order valence-electron chi connectivity index (χ4n) is 2.36. The molecule has 0 unspecified atom stereocenters. The summed E-state index contributed by atoms with van der Waals surface area (Å²) in [6, 6.07) is 16.3. The Balaban J connectivity index is 1.72. The largest absolute Gasteiger partial charge is 0.322 e. The van der Waals surface area contributed by atoms with Crippen LogP contribution in [0, 0.1) is 13.8 Å². The third kappa shape index (κ3) is 4.14. The van der Waals surface area contributed by atoms with Crippen molar-refractivity contribution in [1.82, 2.24) is 0 Å². The molecule has 0 aliphatic heterocycles. The number of aryl methyl sites for hydroxylation is 2. The van der Waals surface area contributed by atoms with Crippen molar-refractivity contribution in [1.29, 1.82) is 0 Å². The number of hydrogen-bond donors (Lipinski definition) is 2. The molecule has 5 heteroatoms. The van der Waals surface area contributed by atoms with Crippen molar-refractivity contribution in [2.45, 2.75) is 13.8 Å². The van der Waals surface area contributed by atoms with Crippen LogP contribution in [0.3, 0.4) is 0 Å². The molecular formula is C20H18N2O2S. The lowest BCUT2D eigenvalue weighted by Crippen LogP contribution is -2.13. The van der Waals surface area contributed by atoms with E-state index in [0.29, 0.717) is 21.8 Å². The minimum Gasteiger partial charge on any atom is -0.322 e. The number of carbonyl (C=O) groups is 2. The summed E-state index contributed by atoms with van der Waals surface area (Å²) in [4.78, 5) is 25.2. The predicted octanol–water partition coefficient (Wildman–Crippen LogP) is 4.87. The Kier molecular flexibility index (Phi) is 4.95. The van der Waals surface area contributed by atoms with E-state index in [-0.39, 0.29) is 11.8 Å². The van der Waals surface area contributed by atoms with Gasteiger partial charge in [0.05, 0.1) is 4.88 Å². The van der Waals surface area contributed by atoms with Crippen LogP contribution >= 0.6 is 11.3 Å². The zero-order valence-corrected chi connectivity index (χ0v) is 14.8. The van der Waals surface area contributed by atoms with Gasteiger partial charge in [-0.2, -0.15) is 0 Å². The zero-order valence-electron chi connectivity index (χ0n) is 14.0. The van der Waals surface area contributed by atoms with E-state index in [4.69, 9.17) is 0 Å². The third-order valence-electron chi connectivity index (χ3n) is 3.89. The summed E-state index contributed by atoms with van der Waals surface area (Å²) in [7, 11) is 0. The lowest BCUT2D eigenvalue weighted by atomic mass is 10.1. The Morgan fingerprint density at radius 3 is 2.16 bits per heavy atom. The van der Waals surface area contributed by atoms with Gasteiger partial charge in [0.2, 0.25) is 0 Å². The molecule has 0 aliphatic carbocycles. The highest BCUT2D eigenvalue weighted by atomic mass is 32.1. The van der Waals surface area contributed by atoms with Crippen molar-refractivity contribution in [3.05, 3.63) is 81.5 Å². The van der Waals surface area contributed by atoms with Crippen molar-refractivity contribution in [3.8, 4) is 0 Å². The molecular weight excluding hydrogens is 332 g/mol. The lowest BCUT2D eigenvalue weighted by molar-refractivity contribution is 0.102. The highest BCUT2D eigenvalue weighted by Gasteiger charge is 2.09. The Labute approximate surface area is 150 Å². The Morgan fingerprint density at radius 1 is 0.800 bits per heavy atom. The van der Waals surface area contributed by atoms with E-state index in [9.17, 15) is 9.59 Å². The van der Waals surface area contributed by atoms with Gasteiger partial charge in [0.15, 0.2) is 0 Å². The third-order valence-corrected chi connectivity index (χ3v) is 4.76. The molecule has 3 rings (SSSR count). The van der Waals surface area contributed by atoms with E-state index in [1.54, 1.807) is 36.4 Å². The van der Waals surface area contributed by atoms with Crippen molar-refractivity contribution >= 4 is 34.5 Å². The number of nitrogens with one attached hydrogen (secondary N) is 2. The molecule has 2 aromatic carbocycles. The molecule has 0 atom stereocenters. The van der Waals surface area contributed by atoms with Crippen LogP contribution in [-0.4, -0.2) is 11.8 Å². The number of amides is 2. The molecule has 3 aromatic rings. The number of hydrogen-bond acceptors (Lipinski definition) is 3. The van der Waals surface area contributed by atoms with Crippen LogP contribution in [0.5, 0.6) is 0 Å². The average molecular weight is 350 g/mol. The fourth-order valence-corrected chi connectivity index (χ4v) is 2.98. The maximum absolute atomic E-state index is 12.4. The second-order valence-corrected chi connectivity index (χ2v) is 6.71. The Morgan fingerprint density at radius 2 is 1.52 bits per heavy atom. The fraction of sp³-hybridized carbons (Fsp3) is 0.100. The minimum atomic E-state index is -0.176. The molecule has 0 saturated carbocycles. The van der Waals surface area contributed by atoms with Gasteiger partial charge in [0.1, 0.15) is 0 Å². The first kappa shape index (κ1) is 16.9. The van der Waals surface area contributed by atoms with Gasteiger partial charge >= 0.3 is 0 Å². The van der Waals surface area contributed by atoms with E-state index >= 15 is 0 Å². The van der Waals surface area contributed by atoms with Crippen LogP contribution in [-0.2, 0) is 0 Å². The molecule has 0 radical (unpaired) electrons. The number of carbonyl (C=O) groups excluding carboxylic acids is 2. The van der Waals surface area contributed by atoms with Crippen LogP contribution < -0.4 is 10.6 Å². The first-order valence-electron chi connectivity index (χ1n) is 7.86. The maximum Gasteiger partial charge on any atom is 0.265 e. The zero-order chi connectivity index (χ0) is 17.8. The summed E-state index contributed by atoms with van der Waals surface area (Å²) in [5.74, 6) is -0.336. The first-order chi connectivity index (χ1) is 12.0. The van der Waals surface area contributed by atoms with E-state index in [0.717, 1.165) is 11.1 Å². The molecule has 0 aliphatic rings. The SMILES string of the molecule is Cc1ccc(C(=O)Nc2cccc(NC(=O)c3cccs3)c2)cc1C. The molecule has 126 valence electrons. The van der Waals surface area contributed by atoms with Crippen LogP contribution in [0.2, 0.25) is 0 Å². The molecule has 4 nitrogen and oxygen atoms in total. The Bertz CT molecular complexity index is 917. The lowest BCUT2D eigenvalue weighted by Gasteiger charge is -2.09. The van der Waals surface area contributed by atoms with Crippen LogP contribution in [0.15, 0.2) is 60.0 Å². The quantitative estimate of drug-likeness (QED) is 0.705. The molecule has 2 N–H and O–H groups in total. The highest BCUT2D eigenvalue weighted by molar-refractivity contribution is 7.12. The molecule has 0 spiro atoms. The monoisotopic (exact) mass is 350 g/mol. The number of benzene rings is 2. The van der Waals surface area contributed by atoms with E-state index in [1.165, 1.54) is 11.3 Å². The van der Waals surface area contributed by atoms with Crippen LogP contribution in [0.25, 0.3) is 0 Å². The summed E-state index contributed by atoms with van der Waals surface area (Å²) in [5, 5.41) is 7.56. The van der Waals surface area contributed by atoms with E-state index in [2.05, 4.69) is 10.6 Å². The molecule has 1 aromatic heterocycles. The van der Waals surface area contributed by atoms with E-state index in [1.807, 2.05) is 37.4 Å². The van der Waals surface area contributed by atoms with Crippen LogP contribution in [0.1, 0.15) is 31.2 Å². The number of thiophene rings is 1. The summed E-state index contributed by atoms with van der Waals surface area (Å²) < 4.78 is 0. The summed E-state index contributed by atoms with van der Waals surface area (Å²) in [6.07, 6.45) is 0. The van der Waals surface area contributed by atoms with Crippen molar-refractivity contribution in [2.75, 3.05) is 10.6 Å². The topological polar surface area (TPSA) is 58.2 Å². The minimum absolute atomic E-state index is 0.160. The van der Waals surface area contributed by atoms with Gasteiger partial charge in [-0.3, -0.25) is 9.59 Å². The summed E-state index contributed by atoms with van der Waals surface area (Å²) in [6.45, 7) is 3.99. The van der Waals surface area contributed by atoms with Gasteiger partial charge < -0.3 is 10.6 Å². The van der Waals surface area contributed by atoms with Gasteiger partial charge in [0.25, 0.3) is 11.8 Å². The van der Waals surface area contributed by atoms with Crippen LogP contribution in [0.4, 0.5) is 11.4 Å². The van der Waals surface area contributed by atoms with Gasteiger partial charge in [-0.1, -0.05) is 18.2 Å². The maximum atomic E-state index is 12.4. The van der Waals surface area contributed by atoms with Gasteiger partial charge in [0, 0.05) is 16.9 Å². The van der Waals surface area contributed by atoms with Gasteiger partial charge in [-0.25, -0.2) is 0 Å². The second-order valence-electron chi connectivity index (χ2n) is 5.77. The molecule has 0 fully saturated rings. The van der Waals surface area contributed by atoms with Crippen molar-refractivity contribution in [2.24, 2.45) is 0 Å². The number of anilines is 2. The van der Waals surface area contributed by atoms with E-state index < -0.39 is 0 Å².